The van der Waals surface area contributed by atoms with E-state index in [1.807, 2.05) is 25.1 Å². The second-order valence-corrected chi connectivity index (χ2v) is 6.98. The van der Waals surface area contributed by atoms with Gasteiger partial charge in [-0.2, -0.15) is 15.0 Å². The number of hydrogen-bond acceptors (Lipinski definition) is 6. The number of carbonyl (C=O) groups excluding carboxylic acids is 2. The average molecular weight is 391 g/mol. The SMILES string of the molecule is C[C@@H]1CC[C@@H](Oc2ncccc2C=O)CN1C(=O)c1ccccc1-n1nccn1. The number of ether oxygens (including phenoxy) is 1. The van der Waals surface area contributed by atoms with Gasteiger partial charge in [0, 0.05) is 12.2 Å². The molecule has 2 atom stereocenters. The Labute approximate surface area is 168 Å². The molecule has 1 amide bonds. The van der Waals surface area contributed by atoms with Crippen molar-refractivity contribution in [3.63, 3.8) is 0 Å². The smallest absolute Gasteiger partial charge is 0.256 e. The fourth-order valence-electron chi connectivity index (χ4n) is 3.53. The number of aldehydes is 1. The van der Waals surface area contributed by atoms with Crippen LogP contribution in [-0.2, 0) is 0 Å². The maximum absolute atomic E-state index is 13.4. The van der Waals surface area contributed by atoms with Crippen molar-refractivity contribution in [1.82, 2.24) is 24.9 Å². The molecule has 1 aliphatic heterocycles. The number of nitrogens with zero attached hydrogens (tertiary/aromatic N) is 5. The van der Waals surface area contributed by atoms with Gasteiger partial charge in [-0.15, -0.1) is 0 Å². The van der Waals surface area contributed by atoms with E-state index in [4.69, 9.17) is 4.74 Å². The zero-order valence-electron chi connectivity index (χ0n) is 16.0. The minimum absolute atomic E-state index is 0.0651. The third-order valence-corrected chi connectivity index (χ3v) is 5.07. The first-order chi connectivity index (χ1) is 14.2. The van der Waals surface area contributed by atoms with Crippen LogP contribution in [0, 0.1) is 0 Å². The van der Waals surface area contributed by atoms with Crippen molar-refractivity contribution in [2.45, 2.75) is 31.9 Å². The van der Waals surface area contributed by atoms with Crippen LogP contribution in [0.25, 0.3) is 5.69 Å². The van der Waals surface area contributed by atoms with Crippen LogP contribution >= 0.6 is 0 Å². The number of hydrogen-bond donors (Lipinski definition) is 0. The molecule has 8 nitrogen and oxygen atoms in total. The molecule has 0 spiro atoms. The molecular weight excluding hydrogens is 370 g/mol. The fourth-order valence-corrected chi connectivity index (χ4v) is 3.53. The molecule has 0 unspecified atom stereocenters. The van der Waals surface area contributed by atoms with Crippen molar-refractivity contribution in [2.24, 2.45) is 0 Å². The molecule has 0 radical (unpaired) electrons. The quantitative estimate of drug-likeness (QED) is 0.621. The molecule has 0 aliphatic carbocycles. The summed E-state index contributed by atoms with van der Waals surface area (Å²) in [6.07, 6.45) is 6.80. The van der Waals surface area contributed by atoms with Gasteiger partial charge in [0.2, 0.25) is 5.88 Å². The van der Waals surface area contributed by atoms with Crippen molar-refractivity contribution in [3.8, 4) is 11.6 Å². The molecule has 4 rings (SSSR count). The summed E-state index contributed by atoms with van der Waals surface area (Å²) in [5.74, 6) is 0.200. The summed E-state index contributed by atoms with van der Waals surface area (Å²) in [4.78, 5) is 32.0. The van der Waals surface area contributed by atoms with E-state index in [1.165, 1.54) is 4.80 Å². The Bertz CT molecular complexity index is 1010. The standard InChI is InChI=1S/C21H21N5O3/c1-15-8-9-17(29-20-16(14-27)5-4-10-22-20)13-25(15)21(28)18-6-2-3-7-19(18)26-23-11-12-24-26/h2-7,10-12,14-15,17H,8-9,13H2,1H3/t15-,17-/m1/s1. The molecule has 3 aromatic rings. The molecule has 2 aromatic heterocycles. The highest BCUT2D eigenvalue weighted by Crippen LogP contribution is 2.25. The minimum Gasteiger partial charge on any atom is -0.472 e. The van der Waals surface area contributed by atoms with Gasteiger partial charge in [-0.3, -0.25) is 9.59 Å². The summed E-state index contributed by atoms with van der Waals surface area (Å²) >= 11 is 0. The van der Waals surface area contributed by atoms with Crippen LogP contribution in [-0.4, -0.2) is 55.8 Å². The Morgan fingerprint density at radius 1 is 1.10 bits per heavy atom. The van der Waals surface area contributed by atoms with Gasteiger partial charge >= 0.3 is 0 Å². The van der Waals surface area contributed by atoms with Gasteiger partial charge < -0.3 is 9.64 Å². The van der Waals surface area contributed by atoms with Gasteiger partial charge in [0.15, 0.2) is 6.29 Å². The van der Waals surface area contributed by atoms with E-state index in [-0.39, 0.29) is 18.1 Å². The van der Waals surface area contributed by atoms with Crippen LogP contribution in [0.4, 0.5) is 0 Å². The highest BCUT2D eigenvalue weighted by molar-refractivity contribution is 5.98. The van der Waals surface area contributed by atoms with Crippen molar-refractivity contribution < 1.29 is 14.3 Å². The van der Waals surface area contributed by atoms with E-state index < -0.39 is 0 Å². The zero-order valence-corrected chi connectivity index (χ0v) is 16.0. The largest absolute Gasteiger partial charge is 0.472 e. The molecule has 1 aromatic carbocycles. The number of rotatable bonds is 5. The van der Waals surface area contributed by atoms with Crippen molar-refractivity contribution in [2.75, 3.05) is 6.54 Å². The number of likely N-dealkylation sites (tertiary alicyclic amines) is 1. The second-order valence-electron chi connectivity index (χ2n) is 6.98. The minimum atomic E-state index is -0.237. The summed E-state index contributed by atoms with van der Waals surface area (Å²) in [6, 6.07) is 10.7. The molecule has 148 valence electrons. The Kier molecular flexibility index (Phi) is 5.33. The monoisotopic (exact) mass is 391 g/mol. The van der Waals surface area contributed by atoms with Gasteiger partial charge in [0.25, 0.3) is 5.91 Å². The van der Waals surface area contributed by atoms with Gasteiger partial charge in [-0.25, -0.2) is 4.98 Å². The average Bonchev–Trinajstić information content (AvgIpc) is 3.30. The van der Waals surface area contributed by atoms with Crippen molar-refractivity contribution in [1.29, 1.82) is 0 Å². The van der Waals surface area contributed by atoms with Crippen LogP contribution in [0.3, 0.4) is 0 Å². The third kappa shape index (κ3) is 3.87. The Balaban J connectivity index is 1.57. The molecular formula is C21H21N5O3. The molecule has 1 fully saturated rings. The maximum atomic E-state index is 13.4. The molecule has 29 heavy (non-hydrogen) atoms. The van der Waals surface area contributed by atoms with Gasteiger partial charge in [0.1, 0.15) is 6.10 Å². The van der Waals surface area contributed by atoms with E-state index in [0.717, 1.165) is 19.1 Å². The molecule has 0 saturated carbocycles. The first kappa shape index (κ1) is 18.8. The summed E-state index contributed by atoms with van der Waals surface area (Å²) in [5, 5.41) is 8.30. The maximum Gasteiger partial charge on any atom is 0.256 e. The molecule has 1 aliphatic rings. The Hall–Kier alpha value is -3.55. The molecule has 1 saturated heterocycles. The van der Waals surface area contributed by atoms with Crippen LogP contribution in [0.5, 0.6) is 5.88 Å². The second kappa shape index (κ2) is 8.22. The number of pyridine rings is 1. The van der Waals surface area contributed by atoms with Crippen LogP contribution in [0.2, 0.25) is 0 Å². The Morgan fingerprint density at radius 3 is 2.69 bits per heavy atom. The van der Waals surface area contributed by atoms with Gasteiger partial charge in [-0.05, 0) is 44.0 Å². The Morgan fingerprint density at radius 2 is 1.90 bits per heavy atom. The van der Waals surface area contributed by atoms with Crippen molar-refractivity contribution in [3.05, 3.63) is 66.1 Å². The van der Waals surface area contributed by atoms with Crippen LogP contribution in [0.1, 0.15) is 40.5 Å². The van der Waals surface area contributed by atoms with E-state index in [9.17, 15) is 9.59 Å². The lowest BCUT2D eigenvalue weighted by Gasteiger charge is -2.38. The number of benzene rings is 1. The number of aromatic nitrogens is 4. The molecule has 0 N–H and O–H groups in total. The normalized spacial score (nSPS) is 19.0. The third-order valence-electron chi connectivity index (χ3n) is 5.07. The number of para-hydroxylation sites is 1. The van der Waals surface area contributed by atoms with Crippen molar-refractivity contribution >= 4 is 12.2 Å². The fraction of sp³-hybridized carbons (Fsp3) is 0.286. The number of piperidine rings is 1. The first-order valence-electron chi connectivity index (χ1n) is 9.51. The zero-order chi connectivity index (χ0) is 20.2. The highest BCUT2D eigenvalue weighted by Gasteiger charge is 2.32. The van der Waals surface area contributed by atoms with E-state index in [2.05, 4.69) is 15.2 Å². The van der Waals surface area contributed by atoms with E-state index in [1.54, 1.807) is 41.7 Å². The molecule has 8 heteroatoms. The summed E-state index contributed by atoms with van der Waals surface area (Å²) in [6.45, 7) is 2.44. The van der Waals surface area contributed by atoms with Crippen LogP contribution in [0.15, 0.2) is 55.0 Å². The summed E-state index contributed by atoms with van der Waals surface area (Å²) in [7, 11) is 0. The molecule has 3 heterocycles. The lowest BCUT2D eigenvalue weighted by Crippen LogP contribution is -2.49. The van der Waals surface area contributed by atoms with E-state index in [0.29, 0.717) is 29.2 Å². The molecule has 0 bridgehead atoms. The predicted molar refractivity (Wildman–Crippen MR) is 105 cm³/mol. The summed E-state index contributed by atoms with van der Waals surface area (Å²) < 4.78 is 5.98. The predicted octanol–water partition coefficient (Wildman–Crippen LogP) is 2.55. The number of carbonyl (C=O) groups is 2. The van der Waals surface area contributed by atoms with Gasteiger partial charge in [0.05, 0.1) is 35.8 Å². The first-order valence-corrected chi connectivity index (χ1v) is 9.51. The summed E-state index contributed by atoms with van der Waals surface area (Å²) in [5.41, 5.74) is 1.56. The number of amides is 1. The lowest BCUT2D eigenvalue weighted by atomic mass is 9.99. The highest BCUT2D eigenvalue weighted by atomic mass is 16.5. The van der Waals surface area contributed by atoms with Gasteiger partial charge in [-0.1, -0.05) is 12.1 Å². The van der Waals surface area contributed by atoms with Crippen LogP contribution < -0.4 is 4.74 Å². The lowest BCUT2D eigenvalue weighted by molar-refractivity contribution is 0.0370. The van der Waals surface area contributed by atoms with E-state index >= 15 is 0 Å². The topological polar surface area (TPSA) is 90.2 Å².